The molecule has 2 N–H and O–H groups in total. The number of urea groups is 1. The van der Waals surface area contributed by atoms with Crippen molar-refractivity contribution in [2.75, 3.05) is 11.4 Å². The molecular formula is C16H17BrN4O4. The highest BCUT2D eigenvalue weighted by Crippen LogP contribution is 2.46. The highest BCUT2D eigenvalue weighted by molar-refractivity contribution is 9.10. The smallest absolute Gasteiger partial charge is 0.328 e. The number of hydrogen-bond acceptors (Lipinski definition) is 6. The summed E-state index contributed by atoms with van der Waals surface area (Å²) in [5.41, 5.74) is -0.658. The van der Waals surface area contributed by atoms with Gasteiger partial charge in [-0.25, -0.2) is 9.78 Å². The molecule has 3 aliphatic rings. The molecule has 1 aromatic rings. The molecular weight excluding hydrogens is 392 g/mol. The molecule has 1 aromatic heterocycles. The van der Waals surface area contributed by atoms with Crippen molar-refractivity contribution in [3.63, 3.8) is 0 Å². The van der Waals surface area contributed by atoms with Gasteiger partial charge in [0.1, 0.15) is 5.82 Å². The van der Waals surface area contributed by atoms with Gasteiger partial charge in [-0.2, -0.15) is 0 Å². The summed E-state index contributed by atoms with van der Waals surface area (Å²) in [6.07, 6.45) is 1.40. The molecule has 4 heterocycles. The van der Waals surface area contributed by atoms with E-state index in [0.29, 0.717) is 6.54 Å². The highest BCUT2D eigenvalue weighted by Gasteiger charge is 2.63. The number of anilines is 1. The van der Waals surface area contributed by atoms with Crippen LogP contribution in [0.25, 0.3) is 0 Å². The maximum Gasteiger partial charge on any atom is 0.328 e. The minimum atomic E-state index is -1.44. The fourth-order valence-corrected chi connectivity index (χ4v) is 4.65. The third kappa shape index (κ3) is 2.29. The number of morpholine rings is 1. The molecule has 0 unspecified atom stereocenters. The average molecular weight is 409 g/mol. The second-order valence-corrected chi connectivity index (χ2v) is 7.69. The number of aromatic nitrogens is 1. The Hall–Kier alpha value is -2.00. The lowest BCUT2D eigenvalue weighted by Crippen LogP contribution is -2.75. The fraction of sp³-hybridized carbons (Fsp3) is 0.500. The highest BCUT2D eigenvalue weighted by atomic mass is 79.9. The lowest BCUT2D eigenvalue weighted by Gasteiger charge is -2.54. The summed E-state index contributed by atoms with van der Waals surface area (Å²) < 4.78 is 6.69. The van der Waals surface area contributed by atoms with Gasteiger partial charge >= 0.3 is 6.03 Å². The summed E-state index contributed by atoms with van der Waals surface area (Å²) in [4.78, 5) is 43.8. The van der Waals surface area contributed by atoms with Crippen LogP contribution in [0.5, 0.6) is 0 Å². The van der Waals surface area contributed by atoms with E-state index in [2.05, 4.69) is 31.5 Å². The fourth-order valence-electron chi connectivity index (χ4n) is 4.27. The van der Waals surface area contributed by atoms with Gasteiger partial charge in [-0.05, 0) is 41.4 Å². The lowest BCUT2D eigenvalue weighted by molar-refractivity contribution is -0.153. The SMILES string of the molecule is C[C@@H]1CN2c3ncc(Br)cc3CC3(C(=O)NC(=O)NC3=O)[C@H]2[C@H](C)O1. The van der Waals surface area contributed by atoms with E-state index < -0.39 is 29.3 Å². The molecule has 0 bridgehead atoms. The van der Waals surface area contributed by atoms with Crippen LogP contribution in [0, 0.1) is 5.41 Å². The van der Waals surface area contributed by atoms with Crippen molar-refractivity contribution in [1.29, 1.82) is 0 Å². The van der Waals surface area contributed by atoms with Crippen LogP contribution in [0.2, 0.25) is 0 Å². The first kappa shape index (κ1) is 16.5. The van der Waals surface area contributed by atoms with Crippen molar-refractivity contribution in [3.05, 3.63) is 22.3 Å². The molecule has 4 rings (SSSR count). The van der Waals surface area contributed by atoms with Gasteiger partial charge in [0.2, 0.25) is 11.8 Å². The van der Waals surface area contributed by atoms with E-state index in [1.165, 1.54) is 0 Å². The third-order valence-corrected chi connectivity index (χ3v) is 5.54. The van der Waals surface area contributed by atoms with E-state index in [0.717, 1.165) is 15.9 Å². The van der Waals surface area contributed by atoms with Crippen LogP contribution in [0.15, 0.2) is 16.7 Å². The number of ether oxygens (including phenoxy) is 1. The van der Waals surface area contributed by atoms with Crippen molar-refractivity contribution >= 4 is 39.6 Å². The zero-order valence-electron chi connectivity index (χ0n) is 13.7. The van der Waals surface area contributed by atoms with Crippen LogP contribution in [-0.2, 0) is 20.7 Å². The van der Waals surface area contributed by atoms with E-state index in [1.54, 1.807) is 6.20 Å². The average Bonchev–Trinajstić information content (AvgIpc) is 2.51. The first-order chi connectivity index (χ1) is 11.8. The summed E-state index contributed by atoms with van der Waals surface area (Å²) in [7, 11) is 0. The Morgan fingerprint density at radius 3 is 2.64 bits per heavy atom. The number of hydrogen-bond donors (Lipinski definition) is 2. The molecule has 1 spiro atoms. The van der Waals surface area contributed by atoms with Crippen molar-refractivity contribution in [2.24, 2.45) is 5.41 Å². The Balaban J connectivity index is 1.92. The summed E-state index contributed by atoms with van der Waals surface area (Å²) >= 11 is 3.39. The first-order valence-corrected chi connectivity index (χ1v) is 8.85. The Morgan fingerprint density at radius 2 is 1.96 bits per heavy atom. The predicted molar refractivity (Wildman–Crippen MR) is 90.9 cm³/mol. The first-order valence-electron chi connectivity index (χ1n) is 8.06. The van der Waals surface area contributed by atoms with Gasteiger partial charge in [0, 0.05) is 23.6 Å². The van der Waals surface area contributed by atoms with Gasteiger partial charge in [-0.1, -0.05) is 0 Å². The van der Waals surface area contributed by atoms with Gasteiger partial charge in [-0.15, -0.1) is 0 Å². The van der Waals surface area contributed by atoms with Crippen molar-refractivity contribution in [3.8, 4) is 0 Å². The van der Waals surface area contributed by atoms with E-state index >= 15 is 0 Å². The second-order valence-electron chi connectivity index (χ2n) is 6.77. The quantitative estimate of drug-likeness (QED) is 0.613. The van der Waals surface area contributed by atoms with Crippen molar-refractivity contribution in [2.45, 2.75) is 38.5 Å². The number of barbiturate groups is 1. The molecule has 25 heavy (non-hydrogen) atoms. The number of amides is 4. The van der Waals surface area contributed by atoms with Crippen LogP contribution < -0.4 is 15.5 Å². The standard InChI is InChI=1S/C16H17BrN4O4/c1-7-6-21-11(8(2)25-7)16(13(22)19-15(24)20-14(16)23)4-9-3-10(17)5-18-12(9)21/h3,5,7-8,11H,4,6H2,1-2H3,(H2,19,20,22,23,24)/t7-,8+,11-/m1/s1. The second kappa shape index (κ2) is 5.50. The summed E-state index contributed by atoms with van der Waals surface area (Å²) in [6, 6.07) is 0.531. The monoisotopic (exact) mass is 408 g/mol. The van der Waals surface area contributed by atoms with Gasteiger partial charge in [0.15, 0.2) is 5.41 Å². The number of fused-ring (bicyclic) bond motifs is 4. The zero-order valence-corrected chi connectivity index (χ0v) is 15.3. The topological polar surface area (TPSA) is 101 Å². The molecule has 3 atom stereocenters. The molecule has 9 heteroatoms. The molecule has 2 fully saturated rings. The van der Waals surface area contributed by atoms with Crippen LogP contribution in [0.4, 0.5) is 10.6 Å². The van der Waals surface area contributed by atoms with Crippen LogP contribution in [-0.4, -0.2) is 47.6 Å². The third-order valence-electron chi connectivity index (χ3n) is 5.10. The van der Waals surface area contributed by atoms with E-state index in [4.69, 9.17) is 4.74 Å². The number of carbonyl (C=O) groups is 3. The Kier molecular flexibility index (Phi) is 3.62. The molecule has 3 aliphatic heterocycles. The van der Waals surface area contributed by atoms with Crippen LogP contribution in [0.3, 0.4) is 0 Å². The number of nitrogens with zero attached hydrogens (tertiary/aromatic N) is 2. The maximum atomic E-state index is 12.9. The van der Waals surface area contributed by atoms with E-state index in [9.17, 15) is 14.4 Å². The van der Waals surface area contributed by atoms with Gasteiger partial charge < -0.3 is 9.64 Å². The molecule has 0 saturated carbocycles. The maximum absolute atomic E-state index is 12.9. The van der Waals surface area contributed by atoms with Crippen molar-refractivity contribution in [1.82, 2.24) is 15.6 Å². The lowest BCUT2D eigenvalue weighted by atomic mass is 9.67. The number of pyridine rings is 1. The van der Waals surface area contributed by atoms with E-state index in [1.807, 2.05) is 24.8 Å². The minimum Gasteiger partial charge on any atom is -0.372 e. The van der Waals surface area contributed by atoms with E-state index in [-0.39, 0.29) is 18.6 Å². The zero-order chi connectivity index (χ0) is 17.9. The Morgan fingerprint density at radius 1 is 1.28 bits per heavy atom. The van der Waals surface area contributed by atoms with Crippen LogP contribution in [0.1, 0.15) is 19.4 Å². The van der Waals surface area contributed by atoms with Gasteiger partial charge in [-0.3, -0.25) is 20.2 Å². The number of halogens is 1. The summed E-state index contributed by atoms with van der Waals surface area (Å²) in [5, 5.41) is 4.51. The number of rotatable bonds is 0. The minimum absolute atomic E-state index is 0.0731. The molecule has 2 saturated heterocycles. The number of nitrogens with one attached hydrogen (secondary N) is 2. The normalized spacial score (nSPS) is 30.4. The predicted octanol–water partition coefficient (Wildman–Crippen LogP) is 0.735. The van der Waals surface area contributed by atoms with Gasteiger partial charge in [0.05, 0.1) is 18.2 Å². The number of imide groups is 2. The molecule has 8 nitrogen and oxygen atoms in total. The Bertz CT molecular complexity index is 778. The molecule has 132 valence electrons. The van der Waals surface area contributed by atoms with Crippen molar-refractivity contribution < 1.29 is 19.1 Å². The van der Waals surface area contributed by atoms with Gasteiger partial charge in [0.25, 0.3) is 0 Å². The Labute approximate surface area is 152 Å². The summed E-state index contributed by atoms with van der Waals surface area (Å²) in [5.74, 6) is -0.433. The largest absolute Gasteiger partial charge is 0.372 e. The molecule has 0 radical (unpaired) electrons. The molecule has 0 aromatic carbocycles. The molecule has 4 amide bonds. The summed E-state index contributed by atoms with van der Waals surface area (Å²) in [6.45, 7) is 4.29. The molecule has 0 aliphatic carbocycles. The number of carbonyl (C=O) groups excluding carboxylic acids is 3. The van der Waals surface area contributed by atoms with Crippen LogP contribution >= 0.6 is 15.9 Å².